The number of carbonyl (C=O) groups is 2. The van der Waals surface area contributed by atoms with E-state index >= 15 is 0 Å². The van der Waals surface area contributed by atoms with Crippen molar-refractivity contribution in [3.63, 3.8) is 0 Å². The molecule has 0 aliphatic carbocycles. The summed E-state index contributed by atoms with van der Waals surface area (Å²) >= 11 is 0. The van der Waals surface area contributed by atoms with Crippen LogP contribution in [-0.4, -0.2) is 30.7 Å². The maximum Gasteiger partial charge on any atom is 0.354 e. The van der Waals surface area contributed by atoms with Crippen molar-refractivity contribution in [2.24, 2.45) is 0 Å². The summed E-state index contributed by atoms with van der Waals surface area (Å²) in [5.41, 5.74) is 0. The van der Waals surface area contributed by atoms with Gasteiger partial charge in [0.15, 0.2) is 6.17 Å². The average Bonchev–Trinajstić information content (AvgIpc) is 2.02. The number of hydrogen-bond acceptors (Lipinski definition) is 3. The van der Waals surface area contributed by atoms with E-state index < -0.39 is 30.7 Å². The van der Waals surface area contributed by atoms with Crippen molar-refractivity contribution < 1.29 is 33.3 Å². The van der Waals surface area contributed by atoms with Gasteiger partial charge >= 0.3 is 11.9 Å². The first-order chi connectivity index (χ1) is 5.86. The van der Waals surface area contributed by atoms with Gasteiger partial charge in [-0.1, -0.05) is 0 Å². The maximum absolute atomic E-state index is 12.0. The fraction of sp³-hybridized carbons (Fsp3) is 0.667. The molecular formula is C6H8F4O3. The zero-order chi connectivity index (χ0) is 10.6. The number of hydrogen-bond donors (Lipinski definition) is 0. The van der Waals surface area contributed by atoms with E-state index in [4.69, 9.17) is 0 Å². The highest BCUT2D eigenvalue weighted by Crippen LogP contribution is 2.08. The third-order valence-corrected chi connectivity index (χ3v) is 0.972. The fourth-order valence-corrected chi connectivity index (χ4v) is 0.340. The van der Waals surface area contributed by atoms with Crippen molar-refractivity contribution in [1.82, 2.24) is 0 Å². The molecule has 0 saturated carbocycles. The fourth-order valence-electron chi connectivity index (χ4n) is 0.340. The van der Waals surface area contributed by atoms with E-state index in [1.165, 1.54) is 0 Å². The van der Waals surface area contributed by atoms with Gasteiger partial charge in [-0.25, -0.2) is 27.2 Å². The quantitative estimate of drug-likeness (QED) is 0.395. The molecular weight excluding hydrogens is 196 g/mol. The molecule has 0 radical (unpaired) electrons. The molecule has 78 valence electrons. The molecule has 7 heteroatoms. The van der Waals surface area contributed by atoms with Crippen LogP contribution < -0.4 is 0 Å². The van der Waals surface area contributed by atoms with E-state index in [9.17, 15) is 27.2 Å². The van der Waals surface area contributed by atoms with Gasteiger partial charge in [-0.3, -0.25) is 0 Å². The zero-order valence-electron chi connectivity index (χ0n) is 6.47. The zero-order valence-corrected chi connectivity index (χ0v) is 6.47. The second-order valence-electron chi connectivity index (χ2n) is 2.09. The molecule has 3 nitrogen and oxygen atoms in total. The van der Waals surface area contributed by atoms with Crippen LogP contribution in [0.3, 0.4) is 0 Å². The Morgan fingerprint density at radius 1 is 1.15 bits per heavy atom. The number of carbonyl (C=O) groups excluding carboxylic acids is 2. The summed E-state index contributed by atoms with van der Waals surface area (Å²) in [6.07, 6.45) is -8.97. The van der Waals surface area contributed by atoms with Gasteiger partial charge in [-0.05, 0) is 6.92 Å². The highest BCUT2D eigenvalue weighted by molar-refractivity contribution is 5.89. The van der Waals surface area contributed by atoms with Crippen LogP contribution in [0, 0.1) is 0 Å². The molecule has 0 saturated heterocycles. The SMILES string of the molecule is CC(F)C(=O)OC(=O)C(F)C(F)F.[HH]. The Hall–Kier alpha value is -1.14. The third-order valence-electron chi connectivity index (χ3n) is 0.972. The van der Waals surface area contributed by atoms with Gasteiger partial charge in [0, 0.05) is 1.43 Å². The third kappa shape index (κ3) is 3.86. The lowest BCUT2D eigenvalue weighted by Crippen LogP contribution is -2.30. The Kier molecular flexibility index (Phi) is 4.36. The van der Waals surface area contributed by atoms with Crippen LogP contribution in [0.1, 0.15) is 8.35 Å². The lowest BCUT2D eigenvalue weighted by atomic mass is 10.4. The van der Waals surface area contributed by atoms with Gasteiger partial charge < -0.3 is 4.74 Å². The first-order valence-corrected chi connectivity index (χ1v) is 3.18. The summed E-state index contributed by atoms with van der Waals surface area (Å²) in [4.78, 5) is 20.5. The predicted molar refractivity (Wildman–Crippen MR) is 34.7 cm³/mol. The predicted octanol–water partition coefficient (Wildman–Crippen LogP) is 1.26. The Balaban J connectivity index is 0. The Morgan fingerprint density at radius 2 is 1.62 bits per heavy atom. The van der Waals surface area contributed by atoms with Crippen molar-refractivity contribution in [3.8, 4) is 0 Å². The van der Waals surface area contributed by atoms with Crippen LogP contribution in [0.25, 0.3) is 0 Å². The highest BCUT2D eigenvalue weighted by Gasteiger charge is 2.32. The molecule has 0 bridgehead atoms. The van der Waals surface area contributed by atoms with Crippen LogP contribution >= 0.6 is 0 Å². The van der Waals surface area contributed by atoms with Crippen molar-refractivity contribution in [3.05, 3.63) is 0 Å². The van der Waals surface area contributed by atoms with Gasteiger partial charge in [0.25, 0.3) is 12.6 Å². The van der Waals surface area contributed by atoms with Gasteiger partial charge in [-0.2, -0.15) is 0 Å². The summed E-state index contributed by atoms with van der Waals surface area (Å²) in [5.74, 6) is -3.77. The molecule has 0 aliphatic rings. The van der Waals surface area contributed by atoms with Crippen LogP contribution in [0.15, 0.2) is 0 Å². The Morgan fingerprint density at radius 3 is 1.92 bits per heavy atom. The van der Waals surface area contributed by atoms with Gasteiger partial charge in [0.1, 0.15) is 0 Å². The number of ether oxygens (including phenoxy) is 1. The molecule has 0 aromatic heterocycles. The molecule has 0 rings (SSSR count). The molecule has 2 atom stereocenters. The largest absolute Gasteiger partial charge is 0.389 e. The minimum Gasteiger partial charge on any atom is -0.389 e. The van der Waals surface area contributed by atoms with Crippen molar-refractivity contribution in [1.29, 1.82) is 0 Å². The van der Waals surface area contributed by atoms with E-state index in [1.54, 1.807) is 0 Å². The summed E-state index contributed by atoms with van der Waals surface area (Å²) in [6, 6.07) is 0. The number of halogens is 4. The Labute approximate surface area is 72.1 Å². The molecule has 0 aromatic carbocycles. The maximum atomic E-state index is 12.0. The number of esters is 2. The summed E-state index contributed by atoms with van der Waals surface area (Å²) in [6.45, 7) is 0.727. The van der Waals surface area contributed by atoms with Crippen molar-refractivity contribution in [2.45, 2.75) is 25.7 Å². The van der Waals surface area contributed by atoms with Gasteiger partial charge in [0.2, 0.25) is 0 Å². The molecule has 0 aliphatic heterocycles. The van der Waals surface area contributed by atoms with Crippen LogP contribution in [0.2, 0.25) is 0 Å². The minimum atomic E-state index is -3.59. The number of alkyl halides is 4. The average molecular weight is 204 g/mol. The molecule has 0 N–H and O–H groups in total. The molecule has 2 unspecified atom stereocenters. The minimum absolute atomic E-state index is 0. The van der Waals surface area contributed by atoms with Gasteiger partial charge in [0.05, 0.1) is 0 Å². The Bertz CT molecular complexity index is 209. The highest BCUT2D eigenvalue weighted by atomic mass is 19.3. The first kappa shape index (κ1) is 11.9. The topological polar surface area (TPSA) is 43.4 Å². The first-order valence-electron chi connectivity index (χ1n) is 3.18. The number of rotatable bonds is 3. The molecule has 0 spiro atoms. The van der Waals surface area contributed by atoms with Crippen molar-refractivity contribution in [2.75, 3.05) is 0 Å². The van der Waals surface area contributed by atoms with E-state index in [2.05, 4.69) is 4.74 Å². The second kappa shape index (κ2) is 4.78. The lowest BCUT2D eigenvalue weighted by molar-refractivity contribution is -0.169. The van der Waals surface area contributed by atoms with Crippen LogP contribution in [0.5, 0.6) is 0 Å². The molecule has 0 aromatic rings. The van der Waals surface area contributed by atoms with Crippen LogP contribution in [-0.2, 0) is 14.3 Å². The normalized spacial score (nSPS) is 15.2. The smallest absolute Gasteiger partial charge is 0.354 e. The van der Waals surface area contributed by atoms with E-state index in [0.29, 0.717) is 0 Å². The standard InChI is InChI=1S/C6H6F4O3.H2/c1-2(7)5(11)13-6(12)3(8)4(9)10;/h2-4H,1H3;1H. The molecule has 0 heterocycles. The van der Waals surface area contributed by atoms with E-state index in [0.717, 1.165) is 6.92 Å². The van der Waals surface area contributed by atoms with E-state index in [1.807, 2.05) is 0 Å². The van der Waals surface area contributed by atoms with Gasteiger partial charge in [-0.15, -0.1) is 0 Å². The molecule has 0 amide bonds. The monoisotopic (exact) mass is 204 g/mol. The van der Waals surface area contributed by atoms with Crippen molar-refractivity contribution >= 4 is 11.9 Å². The summed E-state index contributed by atoms with van der Waals surface area (Å²) in [5, 5.41) is 0. The molecule has 13 heavy (non-hydrogen) atoms. The lowest BCUT2D eigenvalue weighted by Gasteiger charge is -2.06. The summed E-state index contributed by atoms with van der Waals surface area (Å²) < 4.78 is 50.4. The summed E-state index contributed by atoms with van der Waals surface area (Å²) in [7, 11) is 0. The molecule has 0 fully saturated rings. The second-order valence-corrected chi connectivity index (χ2v) is 2.09. The van der Waals surface area contributed by atoms with E-state index in [-0.39, 0.29) is 1.43 Å². The van der Waals surface area contributed by atoms with Crippen LogP contribution in [0.4, 0.5) is 17.6 Å².